The molecule has 23 heavy (non-hydrogen) atoms. The smallest absolute Gasteiger partial charge is 0.274 e. The molecule has 2 amide bonds. The van der Waals surface area contributed by atoms with Crippen LogP contribution in [0.25, 0.3) is 0 Å². The van der Waals surface area contributed by atoms with Gasteiger partial charge < -0.3 is 4.90 Å². The molecule has 0 spiro atoms. The van der Waals surface area contributed by atoms with E-state index in [-0.39, 0.29) is 18.0 Å². The maximum absolute atomic E-state index is 12.8. The Morgan fingerprint density at radius 3 is 2.70 bits per heavy atom. The first-order valence-electron chi connectivity index (χ1n) is 7.43. The molecule has 2 aliphatic heterocycles. The molecule has 2 N–H and O–H groups in total. The van der Waals surface area contributed by atoms with Gasteiger partial charge in [-0.15, -0.1) is 11.3 Å². The van der Waals surface area contributed by atoms with Crippen LogP contribution in [0.4, 0.5) is 0 Å². The number of nitrogens with zero attached hydrogens (tertiary/aromatic N) is 2. The number of amides is 2. The highest BCUT2D eigenvalue weighted by Crippen LogP contribution is 2.53. The zero-order chi connectivity index (χ0) is 16.1. The summed E-state index contributed by atoms with van der Waals surface area (Å²) in [6.07, 6.45) is 1.81. The Labute approximate surface area is 136 Å². The highest BCUT2D eigenvalue weighted by Gasteiger charge is 2.47. The minimum absolute atomic E-state index is 0.0176. The van der Waals surface area contributed by atoms with E-state index in [1.165, 1.54) is 11.3 Å². The zero-order valence-electron chi connectivity index (χ0n) is 12.4. The summed E-state index contributed by atoms with van der Waals surface area (Å²) in [4.78, 5) is 30.6. The highest BCUT2D eigenvalue weighted by atomic mass is 32.1. The van der Waals surface area contributed by atoms with Gasteiger partial charge in [0.05, 0.1) is 17.1 Å². The number of hydrogen-bond acceptors (Lipinski definition) is 5. The molecule has 118 valence electrons. The van der Waals surface area contributed by atoms with Crippen LogP contribution in [-0.4, -0.2) is 26.9 Å². The van der Waals surface area contributed by atoms with Crippen LogP contribution in [0.1, 0.15) is 61.9 Å². The van der Waals surface area contributed by atoms with Gasteiger partial charge in [-0.25, -0.2) is 10.5 Å². The maximum atomic E-state index is 12.8. The van der Waals surface area contributed by atoms with Gasteiger partial charge in [-0.3, -0.25) is 14.8 Å². The molecule has 0 saturated carbocycles. The number of aryl methyl sites for hydroxylation is 1. The third-order valence-corrected chi connectivity index (χ3v) is 5.40. The largest absolute Gasteiger partial charge is 0.323 e. The Bertz CT molecular complexity index is 817. The van der Waals surface area contributed by atoms with E-state index in [9.17, 15) is 9.59 Å². The molecule has 0 radical (unpaired) electrons. The summed E-state index contributed by atoms with van der Waals surface area (Å²) < 4.78 is 0. The van der Waals surface area contributed by atoms with Crippen LogP contribution >= 0.6 is 11.3 Å². The van der Waals surface area contributed by atoms with Crippen molar-refractivity contribution in [1.29, 1.82) is 0 Å². The van der Waals surface area contributed by atoms with Crippen LogP contribution in [0.5, 0.6) is 0 Å². The van der Waals surface area contributed by atoms with Gasteiger partial charge in [0.2, 0.25) is 0 Å². The molecule has 6 nitrogen and oxygen atoms in total. The van der Waals surface area contributed by atoms with E-state index in [1.807, 2.05) is 17.9 Å². The van der Waals surface area contributed by atoms with E-state index in [2.05, 4.69) is 4.98 Å². The van der Waals surface area contributed by atoms with Crippen LogP contribution in [0, 0.1) is 6.92 Å². The van der Waals surface area contributed by atoms with Gasteiger partial charge in [0.25, 0.3) is 11.8 Å². The van der Waals surface area contributed by atoms with Gasteiger partial charge in [0, 0.05) is 10.9 Å². The standard InChI is InChI=1S/C16H15N3O3S/c1-8-17-12(7-23-8)16(21)19-13-4-5-14(19)11-6-9(15(20)18-22)2-3-10(11)13/h2-3,6-7,13-14,22H,4-5H2,1H3,(H,18,20). The number of thiazole rings is 1. The summed E-state index contributed by atoms with van der Waals surface area (Å²) in [5.41, 5.74) is 4.64. The topological polar surface area (TPSA) is 82.5 Å². The molecule has 1 aromatic carbocycles. The van der Waals surface area contributed by atoms with Gasteiger partial charge in [-0.2, -0.15) is 0 Å². The normalized spacial score (nSPS) is 21.4. The van der Waals surface area contributed by atoms with Crippen LogP contribution in [-0.2, 0) is 0 Å². The number of aromatic nitrogens is 1. The van der Waals surface area contributed by atoms with Crippen molar-refractivity contribution >= 4 is 23.2 Å². The number of benzene rings is 1. The van der Waals surface area contributed by atoms with Gasteiger partial charge >= 0.3 is 0 Å². The molecule has 1 aromatic heterocycles. The number of hydroxylamine groups is 1. The number of carbonyl (C=O) groups excluding carboxylic acids is 2. The second-order valence-electron chi connectivity index (χ2n) is 5.86. The van der Waals surface area contributed by atoms with Crippen molar-refractivity contribution in [3.8, 4) is 0 Å². The summed E-state index contributed by atoms with van der Waals surface area (Å²) in [5, 5.41) is 11.5. The van der Waals surface area contributed by atoms with E-state index in [1.54, 1.807) is 23.0 Å². The summed E-state index contributed by atoms with van der Waals surface area (Å²) in [6, 6.07) is 5.38. The molecule has 2 aliphatic rings. The molecule has 4 rings (SSSR count). The van der Waals surface area contributed by atoms with E-state index < -0.39 is 5.91 Å². The molecule has 2 aromatic rings. The Hall–Kier alpha value is -2.25. The molecular weight excluding hydrogens is 314 g/mol. The SMILES string of the molecule is Cc1nc(C(=O)N2C3CCC2c2cc(C(=O)NO)ccc23)cs1. The molecule has 0 aliphatic carbocycles. The van der Waals surface area contributed by atoms with Crippen molar-refractivity contribution in [2.45, 2.75) is 31.8 Å². The first-order valence-corrected chi connectivity index (χ1v) is 8.31. The fourth-order valence-corrected chi connectivity index (χ4v) is 4.26. The molecule has 7 heteroatoms. The second-order valence-corrected chi connectivity index (χ2v) is 6.92. The van der Waals surface area contributed by atoms with Crippen molar-refractivity contribution in [3.63, 3.8) is 0 Å². The Kier molecular flexibility index (Phi) is 3.21. The Morgan fingerprint density at radius 2 is 2.04 bits per heavy atom. The second kappa shape index (κ2) is 5.14. The molecular formula is C16H15N3O3S. The number of rotatable bonds is 2. The third kappa shape index (κ3) is 2.08. The van der Waals surface area contributed by atoms with Gasteiger partial charge in [-0.1, -0.05) is 6.07 Å². The van der Waals surface area contributed by atoms with Gasteiger partial charge in [0.1, 0.15) is 5.69 Å². The lowest BCUT2D eigenvalue weighted by Crippen LogP contribution is -2.28. The monoisotopic (exact) mass is 329 g/mol. The van der Waals surface area contributed by atoms with Crippen LogP contribution in [0.2, 0.25) is 0 Å². The van der Waals surface area contributed by atoms with E-state index in [0.717, 1.165) is 29.0 Å². The molecule has 2 atom stereocenters. The molecule has 2 bridgehead atoms. The van der Waals surface area contributed by atoms with E-state index in [4.69, 9.17) is 5.21 Å². The highest BCUT2D eigenvalue weighted by molar-refractivity contribution is 7.09. The quantitative estimate of drug-likeness (QED) is 0.655. The van der Waals surface area contributed by atoms with Gasteiger partial charge in [-0.05, 0) is 43.0 Å². The fraction of sp³-hybridized carbons (Fsp3) is 0.312. The predicted molar refractivity (Wildman–Crippen MR) is 83.4 cm³/mol. The van der Waals surface area contributed by atoms with Crippen LogP contribution < -0.4 is 5.48 Å². The average Bonchev–Trinajstić information content (AvgIpc) is 3.26. The van der Waals surface area contributed by atoms with Crippen molar-refractivity contribution in [2.24, 2.45) is 0 Å². The van der Waals surface area contributed by atoms with Crippen molar-refractivity contribution < 1.29 is 14.8 Å². The van der Waals surface area contributed by atoms with Gasteiger partial charge in [0.15, 0.2) is 0 Å². The summed E-state index contributed by atoms with van der Waals surface area (Å²) in [5.74, 6) is -0.588. The molecule has 2 unspecified atom stereocenters. The number of fused-ring (bicyclic) bond motifs is 5. The summed E-state index contributed by atoms with van der Waals surface area (Å²) in [6.45, 7) is 1.88. The maximum Gasteiger partial charge on any atom is 0.274 e. The van der Waals surface area contributed by atoms with E-state index >= 15 is 0 Å². The van der Waals surface area contributed by atoms with Crippen molar-refractivity contribution in [1.82, 2.24) is 15.4 Å². The lowest BCUT2D eigenvalue weighted by molar-refractivity contribution is 0.0691. The number of carbonyl (C=O) groups is 2. The number of hydrogen-bond donors (Lipinski definition) is 2. The first-order chi connectivity index (χ1) is 11.1. The van der Waals surface area contributed by atoms with Crippen LogP contribution in [0.3, 0.4) is 0 Å². The van der Waals surface area contributed by atoms with Crippen LogP contribution in [0.15, 0.2) is 23.6 Å². The first kappa shape index (κ1) is 14.3. The molecule has 3 heterocycles. The Morgan fingerprint density at radius 1 is 1.30 bits per heavy atom. The zero-order valence-corrected chi connectivity index (χ0v) is 13.3. The van der Waals surface area contributed by atoms with Crippen molar-refractivity contribution in [3.05, 3.63) is 51.0 Å². The molecule has 1 saturated heterocycles. The van der Waals surface area contributed by atoms with Crippen molar-refractivity contribution in [2.75, 3.05) is 0 Å². The lowest BCUT2D eigenvalue weighted by atomic mass is 9.90. The fourth-order valence-electron chi connectivity index (χ4n) is 3.67. The lowest BCUT2D eigenvalue weighted by Gasteiger charge is -2.21. The summed E-state index contributed by atoms with van der Waals surface area (Å²) in [7, 11) is 0. The predicted octanol–water partition coefficient (Wildman–Crippen LogP) is 2.60. The summed E-state index contributed by atoms with van der Waals surface area (Å²) >= 11 is 1.47. The minimum Gasteiger partial charge on any atom is -0.323 e. The number of nitrogens with one attached hydrogen (secondary N) is 1. The minimum atomic E-state index is -0.538. The molecule has 1 fully saturated rings. The Balaban J connectivity index is 1.70. The average molecular weight is 329 g/mol. The van der Waals surface area contributed by atoms with E-state index in [0.29, 0.717) is 11.3 Å². The third-order valence-electron chi connectivity index (χ3n) is 4.63.